The van der Waals surface area contributed by atoms with Gasteiger partial charge in [-0.3, -0.25) is 0 Å². The van der Waals surface area contributed by atoms with Crippen molar-refractivity contribution < 1.29 is 0 Å². The van der Waals surface area contributed by atoms with E-state index in [-0.39, 0.29) is 0 Å². The third-order valence-corrected chi connectivity index (χ3v) is 0.819. The average Bonchev–Trinajstić information content (AvgIpc) is 1.69. The van der Waals surface area contributed by atoms with Crippen LogP contribution in [0.1, 0.15) is 0 Å². The van der Waals surface area contributed by atoms with E-state index >= 15 is 0 Å². The standard InChI is InChI=1S/C4H3N2Si/c7-4-1-5-3-6-2-4/h1-3H. The first-order valence-electron chi connectivity index (χ1n) is 1.86. The maximum Gasteiger partial charge on any atom is 0.115 e. The number of nitrogens with zero attached hydrogens (tertiary/aromatic N) is 2. The summed E-state index contributed by atoms with van der Waals surface area (Å²) in [5.41, 5.74) is 0. The van der Waals surface area contributed by atoms with Gasteiger partial charge in [-0.05, 0) is 5.19 Å². The van der Waals surface area contributed by atoms with Crippen LogP contribution in [0.25, 0.3) is 0 Å². The molecule has 0 saturated heterocycles. The van der Waals surface area contributed by atoms with Gasteiger partial charge in [0.05, 0.1) is 10.2 Å². The molecule has 0 bridgehead atoms. The molecule has 2 nitrogen and oxygen atoms in total. The molecule has 0 fully saturated rings. The van der Waals surface area contributed by atoms with Crippen LogP contribution in [0.4, 0.5) is 0 Å². The third-order valence-electron chi connectivity index (χ3n) is 0.561. The number of rotatable bonds is 0. The molecule has 0 amide bonds. The second-order valence-corrected chi connectivity index (χ2v) is 1.70. The van der Waals surface area contributed by atoms with E-state index in [4.69, 9.17) is 0 Å². The van der Waals surface area contributed by atoms with E-state index in [1.54, 1.807) is 12.4 Å². The molecule has 1 rings (SSSR count). The largest absolute Gasteiger partial charge is 0.245 e. The van der Waals surface area contributed by atoms with Gasteiger partial charge in [-0.25, -0.2) is 9.97 Å². The summed E-state index contributed by atoms with van der Waals surface area (Å²) in [5, 5.41) is 0.905. The molecule has 0 aliphatic rings. The minimum atomic E-state index is 0.905. The molecule has 0 aliphatic heterocycles. The van der Waals surface area contributed by atoms with Crippen molar-refractivity contribution in [1.29, 1.82) is 0 Å². The van der Waals surface area contributed by atoms with Crippen molar-refractivity contribution in [2.75, 3.05) is 0 Å². The lowest BCUT2D eigenvalue weighted by Gasteiger charge is -1.81. The maximum atomic E-state index is 3.72. The van der Waals surface area contributed by atoms with Gasteiger partial charge in [-0.2, -0.15) is 0 Å². The molecule has 0 unspecified atom stereocenters. The Bertz CT molecular complexity index is 140. The van der Waals surface area contributed by atoms with Crippen LogP contribution in [0.5, 0.6) is 0 Å². The fraction of sp³-hybridized carbons (Fsp3) is 0. The second kappa shape index (κ2) is 1.84. The Balaban J connectivity index is 3.02. The van der Waals surface area contributed by atoms with Gasteiger partial charge in [-0.15, -0.1) is 0 Å². The first-order valence-corrected chi connectivity index (χ1v) is 2.36. The highest BCUT2D eigenvalue weighted by molar-refractivity contribution is 6.31. The molecule has 0 N–H and O–H groups in total. The van der Waals surface area contributed by atoms with E-state index in [1.165, 1.54) is 6.33 Å². The van der Waals surface area contributed by atoms with E-state index in [0.29, 0.717) is 0 Å². The van der Waals surface area contributed by atoms with Crippen LogP contribution in [-0.4, -0.2) is 20.2 Å². The van der Waals surface area contributed by atoms with E-state index in [0.717, 1.165) is 5.19 Å². The lowest BCUT2D eigenvalue weighted by molar-refractivity contribution is 1.19. The van der Waals surface area contributed by atoms with Crippen molar-refractivity contribution in [2.24, 2.45) is 0 Å². The summed E-state index contributed by atoms with van der Waals surface area (Å²) in [7, 11) is 3.23. The molecule has 1 aromatic heterocycles. The molecule has 0 spiro atoms. The minimum absolute atomic E-state index is 0.905. The summed E-state index contributed by atoms with van der Waals surface area (Å²) in [5.74, 6) is 0. The van der Waals surface area contributed by atoms with Crippen LogP contribution < -0.4 is 5.19 Å². The van der Waals surface area contributed by atoms with Gasteiger partial charge in [0.25, 0.3) is 0 Å². The number of aromatic nitrogens is 2. The zero-order valence-corrected chi connectivity index (χ0v) is 4.63. The Morgan fingerprint density at radius 3 is 2.14 bits per heavy atom. The van der Waals surface area contributed by atoms with Crippen LogP contribution in [0.2, 0.25) is 0 Å². The van der Waals surface area contributed by atoms with E-state index in [2.05, 4.69) is 20.2 Å². The quantitative estimate of drug-likeness (QED) is 0.408. The molecule has 3 radical (unpaired) electrons. The molecule has 0 aliphatic carbocycles. The van der Waals surface area contributed by atoms with Crippen LogP contribution in [0, 0.1) is 0 Å². The zero-order valence-electron chi connectivity index (χ0n) is 3.63. The summed E-state index contributed by atoms with van der Waals surface area (Å²) in [6.45, 7) is 0. The minimum Gasteiger partial charge on any atom is -0.245 e. The first kappa shape index (κ1) is 4.46. The van der Waals surface area contributed by atoms with Gasteiger partial charge in [0.1, 0.15) is 6.33 Å². The lowest BCUT2D eigenvalue weighted by Crippen LogP contribution is -2.01. The molecule has 33 valence electrons. The Kier molecular flexibility index (Phi) is 1.17. The molecule has 1 aromatic rings. The summed E-state index contributed by atoms with van der Waals surface area (Å²) >= 11 is 0. The summed E-state index contributed by atoms with van der Waals surface area (Å²) < 4.78 is 0. The SMILES string of the molecule is [Si]c1cncnc1. The van der Waals surface area contributed by atoms with Gasteiger partial charge < -0.3 is 0 Å². The summed E-state index contributed by atoms with van der Waals surface area (Å²) in [6, 6.07) is 0. The number of hydrogen-bond acceptors (Lipinski definition) is 2. The topological polar surface area (TPSA) is 25.8 Å². The normalized spacial score (nSPS) is 8.71. The molecule has 1 heterocycles. The predicted molar refractivity (Wildman–Crippen MR) is 27.4 cm³/mol. The highest BCUT2D eigenvalue weighted by Crippen LogP contribution is 1.62. The highest BCUT2D eigenvalue weighted by Gasteiger charge is 1.74. The van der Waals surface area contributed by atoms with Crippen molar-refractivity contribution in [1.82, 2.24) is 9.97 Å². The molecular weight excluding hydrogens is 104 g/mol. The van der Waals surface area contributed by atoms with Gasteiger partial charge in [0.2, 0.25) is 0 Å². The molecule has 0 atom stereocenters. The van der Waals surface area contributed by atoms with Crippen LogP contribution >= 0.6 is 0 Å². The van der Waals surface area contributed by atoms with E-state index in [1.807, 2.05) is 0 Å². The van der Waals surface area contributed by atoms with E-state index < -0.39 is 0 Å². The molecule has 0 aromatic carbocycles. The van der Waals surface area contributed by atoms with Crippen molar-refractivity contribution >= 4 is 15.4 Å². The predicted octanol–water partition coefficient (Wildman–Crippen LogP) is -0.730. The van der Waals surface area contributed by atoms with E-state index in [9.17, 15) is 0 Å². The van der Waals surface area contributed by atoms with Gasteiger partial charge >= 0.3 is 0 Å². The van der Waals surface area contributed by atoms with Crippen LogP contribution in [-0.2, 0) is 0 Å². The Morgan fingerprint density at radius 1 is 1.29 bits per heavy atom. The highest BCUT2D eigenvalue weighted by atomic mass is 28.1. The fourth-order valence-electron chi connectivity index (χ4n) is 0.299. The Hall–Kier alpha value is -0.703. The van der Waals surface area contributed by atoms with Crippen molar-refractivity contribution in [2.45, 2.75) is 0 Å². The fourth-order valence-corrected chi connectivity index (χ4v) is 0.448. The maximum absolute atomic E-state index is 3.72. The second-order valence-electron chi connectivity index (χ2n) is 1.13. The monoisotopic (exact) mass is 107 g/mol. The average molecular weight is 107 g/mol. The lowest BCUT2D eigenvalue weighted by atomic mass is 10.7. The van der Waals surface area contributed by atoms with Gasteiger partial charge in [0.15, 0.2) is 0 Å². The van der Waals surface area contributed by atoms with Crippen LogP contribution in [0.3, 0.4) is 0 Å². The zero-order chi connectivity index (χ0) is 5.11. The summed E-state index contributed by atoms with van der Waals surface area (Å²) in [4.78, 5) is 7.45. The van der Waals surface area contributed by atoms with Crippen molar-refractivity contribution in [3.63, 3.8) is 0 Å². The van der Waals surface area contributed by atoms with Crippen LogP contribution in [0.15, 0.2) is 18.7 Å². The molecular formula is C4H3N2Si. The molecule has 7 heavy (non-hydrogen) atoms. The molecule has 0 saturated carbocycles. The first-order chi connectivity index (χ1) is 3.39. The van der Waals surface area contributed by atoms with Crippen molar-refractivity contribution in [3.05, 3.63) is 18.7 Å². The Morgan fingerprint density at radius 2 is 1.86 bits per heavy atom. The molecule has 3 heteroatoms. The Labute approximate surface area is 45.0 Å². The summed E-state index contributed by atoms with van der Waals surface area (Å²) in [6.07, 6.45) is 4.86. The number of hydrogen-bond donors (Lipinski definition) is 0. The van der Waals surface area contributed by atoms with Gasteiger partial charge in [-0.1, -0.05) is 0 Å². The van der Waals surface area contributed by atoms with Crippen molar-refractivity contribution in [3.8, 4) is 0 Å². The smallest absolute Gasteiger partial charge is 0.115 e. The van der Waals surface area contributed by atoms with Gasteiger partial charge in [0, 0.05) is 12.4 Å². The third kappa shape index (κ3) is 1.08.